The number of hydrogen-bond donors (Lipinski definition) is 1. The summed E-state index contributed by atoms with van der Waals surface area (Å²) in [4.78, 5) is 2.14. The first-order valence-electron chi connectivity index (χ1n) is 6.16. The average molecular weight is 311 g/mol. The smallest absolute Gasteiger partial charge is 0.406 e. The van der Waals surface area contributed by atoms with Gasteiger partial charge in [0.15, 0.2) is 0 Å². The van der Waals surface area contributed by atoms with Crippen molar-refractivity contribution in [2.75, 3.05) is 13.1 Å². The Kier molecular flexibility index (Phi) is 5.68. The number of halogens is 4. The van der Waals surface area contributed by atoms with E-state index in [0.29, 0.717) is 12.5 Å². The fraction of sp³-hybridized carbons (Fsp3) is 0.538. The van der Waals surface area contributed by atoms with Gasteiger partial charge in [-0.1, -0.05) is 19.1 Å². The lowest BCUT2D eigenvalue weighted by molar-refractivity contribution is -0.274. The third-order valence-electron chi connectivity index (χ3n) is 3.28. The van der Waals surface area contributed by atoms with Crippen molar-refractivity contribution >= 4 is 12.4 Å². The third kappa shape index (κ3) is 4.85. The number of benzene rings is 1. The molecule has 1 aliphatic rings. The number of nitrogens with two attached hydrogens (primary N) is 1. The molecular weight excluding hydrogens is 293 g/mol. The van der Waals surface area contributed by atoms with Gasteiger partial charge in [0.25, 0.3) is 0 Å². The molecule has 2 N–H and O–H groups in total. The highest BCUT2D eigenvalue weighted by molar-refractivity contribution is 5.85. The molecule has 2 unspecified atom stereocenters. The number of nitrogens with zero attached hydrogens (tertiary/aromatic N) is 1. The molecule has 1 aromatic carbocycles. The molecule has 0 radical (unpaired) electrons. The Morgan fingerprint density at radius 3 is 2.60 bits per heavy atom. The zero-order chi connectivity index (χ0) is 14.0. The molecule has 1 heterocycles. The number of rotatable bonds is 3. The molecule has 0 saturated carbocycles. The van der Waals surface area contributed by atoms with E-state index in [1.165, 1.54) is 12.1 Å². The Morgan fingerprint density at radius 2 is 2.05 bits per heavy atom. The summed E-state index contributed by atoms with van der Waals surface area (Å²) in [6.07, 6.45) is -4.65. The molecule has 20 heavy (non-hydrogen) atoms. The minimum absolute atomic E-state index is 0. The summed E-state index contributed by atoms with van der Waals surface area (Å²) in [6, 6.07) is 6.21. The van der Waals surface area contributed by atoms with E-state index in [-0.39, 0.29) is 24.2 Å². The fourth-order valence-corrected chi connectivity index (χ4v) is 2.32. The highest BCUT2D eigenvalue weighted by Gasteiger charge is 2.31. The highest BCUT2D eigenvalue weighted by Crippen LogP contribution is 2.24. The molecule has 1 fully saturated rings. The summed E-state index contributed by atoms with van der Waals surface area (Å²) in [6.45, 7) is 4.30. The molecule has 0 amide bonds. The molecule has 7 heteroatoms. The average Bonchev–Trinajstić information content (AvgIpc) is 2.55. The molecule has 0 aromatic heterocycles. The van der Waals surface area contributed by atoms with E-state index >= 15 is 0 Å². The third-order valence-corrected chi connectivity index (χ3v) is 3.28. The van der Waals surface area contributed by atoms with Gasteiger partial charge in [0.1, 0.15) is 5.75 Å². The predicted molar refractivity (Wildman–Crippen MR) is 72.8 cm³/mol. The van der Waals surface area contributed by atoms with Crippen LogP contribution in [0.25, 0.3) is 0 Å². The van der Waals surface area contributed by atoms with Crippen LogP contribution in [-0.2, 0) is 6.54 Å². The van der Waals surface area contributed by atoms with E-state index in [2.05, 4.69) is 16.6 Å². The first-order valence-corrected chi connectivity index (χ1v) is 6.16. The second-order valence-electron chi connectivity index (χ2n) is 5.03. The maximum Gasteiger partial charge on any atom is 0.573 e. The van der Waals surface area contributed by atoms with Crippen LogP contribution in [0.2, 0.25) is 0 Å². The standard InChI is InChI=1S/C13H17F3N2O.ClH/c1-9-6-18(8-12(9)17)7-10-3-2-4-11(5-10)19-13(14,15)16;/h2-5,9,12H,6-8,17H2,1H3;1H. The van der Waals surface area contributed by atoms with Gasteiger partial charge < -0.3 is 10.5 Å². The lowest BCUT2D eigenvalue weighted by Crippen LogP contribution is -2.28. The number of hydrogen-bond acceptors (Lipinski definition) is 3. The molecule has 0 aliphatic carbocycles. The molecule has 0 spiro atoms. The van der Waals surface area contributed by atoms with E-state index in [1.54, 1.807) is 12.1 Å². The van der Waals surface area contributed by atoms with Crippen molar-refractivity contribution in [3.05, 3.63) is 29.8 Å². The van der Waals surface area contributed by atoms with Crippen molar-refractivity contribution in [3.8, 4) is 5.75 Å². The van der Waals surface area contributed by atoms with Gasteiger partial charge >= 0.3 is 6.36 Å². The fourth-order valence-electron chi connectivity index (χ4n) is 2.32. The lowest BCUT2D eigenvalue weighted by atomic mass is 10.1. The Balaban J connectivity index is 0.00000200. The van der Waals surface area contributed by atoms with Gasteiger partial charge in [-0.15, -0.1) is 25.6 Å². The topological polar surface area (TPSA) is 38.5 Å². The van der Waals surface area contributed by atoms with Gasteiger partial charge in [0.2, 0.25) is 0 Å². The van der Waals surface area contributed by atoms with Crippen molar-refractivity contribution < 1.29 is 17.9 Å². The molecule has 1 saturated heterocycles. The number of ether oxygens (including phenoxy) is 1. The molecule has 2 rings (SSSR count). The monoisotopic (exact) mass is 310 g/mol. The van der Waals surface area contributed by atoms with E-state index in [9.17, 15) is 13.2 Å². The summed E-state index contributed by atoms with van der Waals surface area (Å²) < 4.78 is 40.3. The molecule has 1 aliphatic heterocycles. The first-order chi connectivity index (χ1) is 8.83. The molecule has 0 bridgehead atoms. The zero-order valence-corrected chi connectivity index (χ0v) is 11.9. The summed E-state index contributed by atoms with van der Waals surface area (Å²) in [5.74, 6) is 0.233. The first kappa shape index (κ1) is 17.1. The molecule has 1 aromatic rings. The van der Waals surface area contributed by atoms with Crippen LogP contribution in [-0.4, -0.2) is 30.4 Å². The predicted octanol–water partition coefficient (Wildman–Crippen LogP) is 2.79. The van der Waals surface area contributed by atoms with Gasteiger partial charge in [-0.05, 0) is 23.6 Å². The zero-order valence-electron chi connectivity index (χ0n) is 11.1. The van der Waals surface area contributed by atoms with Crippen LogP contribution in [0.1, 0.15) is 12.5 Å². The molecule has 114 valence electrons. The van der Waals surface area contributed by atoms with Crippen LogP contribution in [0, 0.1) is 5.92 Å². The number of alkyl halides is 3. The molecule has 2 atom stereocenters. The minimum Gasteiger partial charge on any atom is -0.406 e. The summed E-state index contributed by atoms with van der Waals surface area (Å²) in [5, 5.41) is 0. The van der Waals surface area contributed by atoms with Crippen LogP contribution in [0.3, 0.4) is 0 Å². The summed E-state index contributed by atoms with van der Waals surface area (Å²) in [5.41, 5.74) is 6.71. The van der Waals surface area contributed by atoms with E-state index in [1.807, 2.05) is 0 Å². The summed E-state index contributed by atoms with van der Waals surface area (Å²) >= 11 is 0. The van der Waals surface area contributed by atoms with E-state index in [4.69, 9.17) is 5.73 Å². The Hall–Kier alpha value is -0.980. The maximum atomic E-state index is 12.1. The van der Waals surface area contributed by atoms with Crippen molar-refractivity contribution in [2.24, 2.45) is 11.7 Å². The largest absolute Gasteiger partial charge is 0.573 e. The van der Waals surface area contributed by atoms with E-state index < -0.39 is 6.36 Å². The normalized spacial score (nSPS) is 23.4. The van der Waals surface area contributed by atoms with Crippen LogP contribution >= 0.6 is 12.4 Å². The quantitative estimate of drug-likeness (QED) is 0.933. The highest BCUT2D eigenvalue weighted by atomic mass is 35.5. The van der Waals surface area contributed by atoms with Crippen LogP contribution in [0.5, 0.6) is 5.75 Å². The van der Waals surface area contributed by atoms with Gasteiger partial charge in [-0.3, -0.25) is 4.90 Å². The van der Waals surface area contributed by atoms with Crippen molar-refractivity contribution in [1.29, 1.82) is 0 Å². The second kappa shape index (κ2) is 6.65. The van der Waals surface area contributed by atoms with Crippen LogP contribution < -0.4 is 10.5 Å². The lowest BCUT2D eigenvalue weighted by Gasteiger charge is -2.16. The molecular formula is C13H18ClF3N2O. The molecule has 3 nitrogen and oxygen atoms in total. The summed E-state index contributed by atoms with van der Waals surface area (Å²) in [7, 11) is 0. The van der Waals surface area contributed by atoms with Crippen LogP contribution in [0.4, 0.5) is 13.2 Å². The van der Waals surface area contributed by atoms with Gasteiger partial charge in [-0.25, -0.2) is 0 Å². The van der Waals surface area contributed by atoms with Crippen LogP contribution in [0.15, 0.2) is 24.3 Å². The van der Waals surface area contributed by atoms with Crippen molar-refractivity contribution in [3.63, 3.8) is 0 Å². The van der Waals surface area contributed by atoms with Gasteiger partial charge in [0.05, 0.1) is 0 Å². The SMILES string of the molecule is CC1CN(Cc2cccc(OC(F)(F)F)c2)CC1N.Cl. The minimum atomic E-state index is -4.65. The van der Waals surface area contributed by atoms with E-state index in [0.717, 1.165) is 18.7 Å². The van der Waals surface area contributed by atoms with Gasteiger partial charge in [-0.2, -0.15) is 0 Å². The van der Waals surface area contributed by atoms with Gasteiger partial charge in [0, 0.05) is 25.7 Å². The van der Waals surface area contributed by atoms with Crippen molar-refractivity contribution in [2.45, 2.75) is 25.9 Å². The maximum absolute atomic E-state index is 12.1. The number of likely N-dealkylation sites (tertiary alicyclic amines) is 1. The second-order valence-corrected chi connectivity index (χ2v) is 5.03. The Labute approximate surface area is 122 Å². The Bertz CT molecular complexity index is 432. The Morgan fingerprint density at radius 1 is 1.35 bits per heavy atom. The van der Waals surface area contributed by atoms with Crippen molar-refractivity contribution in [1.82, 2.24) is 4.90 Å².